The molecule has 1 amide bonds. The Morgan fingerprint density at radius 3 is 2.50 bits per heavy atom. The Kier molecular flexibility index (Phi) is 4.15. The van der Waals surface area contributed by atoms with E-state index in [1.54, 1.807) is 18.2 Å². The summed E-state index contributed by atoms with van der Waals surface area (Å²) >= 11 is 11.9. The average molecular weight is 287 g/mol. The highest BCUT2D eigenvalue weighted by atomic mass is 35.5. The number of rotatable bonds is 1. The van der Waals surface area contributed by atoms with Crippen LogP contribution in [0.4, 0.5) is 0 Å². The minimum Gasteiger partial charge on any atom is -0.333 e. The molecule has 1 aliphatic heterocycles. The fraction of sp³-hybridized carbons (Fsp3) is 0.462. The van der Waals surface area contributed by atoms with E-state index in [0.717, 1.165) is 6.54 Å². The van der Waals surface area contributed by atoms with Crippen LogP contribution in [0.25, 0.3) is 0 Å². The standard InChI is InChI=1S/C13H16Cl2N2O/c1-8-9(2)17(4-3-16-8)13(18)10-5-11(14)7-12(15)6-10/h5-9,16H,3-4H2,1-2H3. The van der Waals surface area contributed by atoms with Gasteiger partial charge in [0.1, 0.15) is 0 Å². The molecule has 0 radical (unpaired) electrons. The first-order chi connectivity index (χ1) is 8.49. The highest BCUT2D eigenvalue weighted by Crippen LogP contribution is 2.21. The van der Waals surface area contributed by atoms with Crippen molar-refractivity contribution in [2.24, 2.45) is 0 Å². The number of halogens is 2. The molecule has 0 bridgehead atoms. The number of amides is 1. The lowest BCUT2D eigenvalue weighted by molar-refractivity contribution is 0.0603. The lowest BCUT2D eigenvalue weighted by atomic mass is 10.1. The lowest BCUT2D eigenvalue weighted by Gasteiger charge is -2.38. The van der Waals surface area contributed by atoms with Gasteiger partial charge in [-0.2, -0.15) is 0 Å². The summed E-state index contributed by atoms with van der Waals surface area (Å²) < 4.78 is 0. The molecule has 1 heterocycles. The van der Waals surface area contributed by atoms with Crippen molar-refractivity contribution in [1.29, 1.82) is 0 Å². The predicted octanol–water partition coefficient (Wildman–Crippen LogP) is 2.82. The predicted molar refractivity (Wildman–Crippen MR) is 74.4 cm³/mol. The Morgan fingerprint density at radius 2 is 1.89 bits per heavy atom. The minimum absolute atomic E-state index is 0.0137. The van der Waals surface area contributed by atoms with Gasteiger partial charge in [-0.1, -0.05) is 23.2 Å². The van der Waals surface area contributed by atoms with Crippen molar-refractivity contribution in [3.8, 4) is 0 Å². The number of carbonyl (C=O) groups is 1. The summed E-state index contributed by atoms with van der Waals surface area (Å²) in [5.41, 5.74) is 0.549. The third-order valence-corrected chi connectivity index (χ3v) is 3.84. The van der Waals surface area contributed by atoms with Crippen LogP contribution in [-0.2, 0) is 0 Å². The van der Waals surface area contributed by atoms with Gasteiger partial charge in [0.2, 0.25) is 0 Å². The number of carbonyl (C=O) groups excluding carboxylic acids is 1. The zero-order chi connectivity index (χ0) is 13.3. The molecular formula is C13H16Cl2N2O. The van der Waals surface area contributed by atoms with Gasteiger partial charge in [0.05, 0.1) is 0 Å². The van der Waals surface area contributed by atoms with Gasteiger partial charge < -0.3 is 10.2 Å². The SMILES string of the molecule is CC1NCCN(C(=O)c2cc(Cl)cc(Cl)c2)C1C. The van der Waals surface area contributed by atoms with Crippen molar-refractivity contribution >= 4 is 29.1 Å². The monoisotopic (exact) mass is 286 g/mol. The summed E-state index contributed by atoms with van der Waals surface area (Å²) in [6, 6.07) is 5.40. The summed E-state index contributed by atoms with van der Waals surface area (Å²) in [5, 5.41) is 4.32. The minimum atomic E-state index is -0.0137. The Hall–Kier alpha value is -0.770. The van der Waals surface area contributed by atoms with Crippen LogP contribution in [0.3, 0.4) is 0 Å². The fourth-order valence-electron chi connectivity index (χ4n) is 2.19. The van der Waals surface area contributed by atoms with Crippen molar-refractivity contribution in [1.82, 2.24) is 10.2 Å². The van der Waals surface area contributed by atoms with Crippen molar-refractivity contribution in [3.63, 3.8) is 0 Å². The first-order valence-corrected chi connectivity index (χ1v) is 6.75. The van der Waals surface area contributed by atoms with Crippen LogP contribution in [0, 0.1) is 0 Å². The van der Waals surface area contributed by atoms with Gasteiger partial charge in [-0.25, -0.2) is 0 Å². The van der Waals surface area contributed by atoms with Gasteiger partial charge in [0.25, 0.3) is 5.91 Å². The molecule has 98 valence electrons. The molecule has 0 aliphatic carbocycles. The molecular weight excluding hydrogens is 271 g/mol. The van der Waals surface area contributed by atoms with E-state index in [2.05, 4.69) is 12.2 Å². The van der Waals surface area contributed by atoms with Gasteiger partial charge in [-0.3, -0.25) is 4.79 Å². The molecule has 2 rings (SSSR count). The summed E-state index contributed by atoms with van der Waals surface area (Å²) in [5.74, 6) is -0.0137. The van der Waals surface area contributed by atoms with Crippen LogP contribution in [0.1, 0.15) is 24.2 Å². The maximum Gasteiger partial charge on any atom is 0.254 e. The van der Waals surface area contributed by atoms with Gasteiger partial charge in [0, 0.05) is 40.8 Å². The molecule has 1 saturated heterocycles. The number of nitrogens with one attached hydrogen (secondary N) is 1. The molecule has 0 spiro atoms. The fourth-order valence-corrected chi connectivity index (χ4v) is 2.71. The van der Waals surface area contributed by atoms with Crippen LogP contribution in [0.15, 0.2) is 18.2 Å². The number of piperazine rings is 1. The number of hydrogen-bond donors (Lipinski definition) is 1. The normalized spacial score (nSPS) is 24.1. The Bertz CT molecular complexity index is 444. The summed E-state index contributed by atoms with van der Waals surface area (Å²) in [4.78, 5) is 14.3. The third-order valence-electron chi connectivity index (χ3n) is 3.40. The third kappa shape index (κ3) is 2.79. The van der Waals surface area contributed by atoms with Crippen molar-refractivity contribution in [2.75, 3.05) is 13.1 Å². The van der Waals surface area contributed by atoms with Crippen LogP contribution in [0.5, 0.6) is 0 Å². The molecule has 1 fully saturated rings. The maximum absolute atomic E-state index is 12.4. The molecule has 1 N–H and O–H groups in total. The molecule has 2 unspecified atom stereocenters. The lowest BCUT2D eigenvalue weighted by Crippen LogP contribution is -2.57. The molecule has 5 heteroatoms. The van der Waals surface area contributed by atoms with E-state index in [1.807, 2.05) is 11.8 Å². The molecule has 1 aliphatic rings. The van der Waals surface area contributed by atoms with E-state index in [0.29, 0.717) is 22.2 Å². The van der Waals surface area contributed by atoms with Gasteiger partial charge in [-0.05, 0) is 32.0 Å². The van der Waals surface area contributed by atoms with Crippen LogP contribution in [-0.4, -0.2) is 36.0 Å². The smallest absolute Gasteiger partial charge is 0.254 e. The molecule has 3 nitrogen and oxygen atoms in total. The van der Waals surface area contributed by atoms with E-state index in [4.69, 9.17) is 23.2 Å². The molecule has 18 heavy (non-hydrogen) atoms. The summed E-state index contributed by atoms with van der Waals surface area (Å²) in [6.45, 7) is 5.63. The van der Waals surface area contributed by atoms with Crippen LogP contribution < -0.4 is 5.32 Å². The van der Waals surface area contributed by atoms with Crippen molar-refractivity contribution in [3.05, 3.63) is 33.8 Å². The summed E-state index contributed by atoms with van der Waals surface area (Å²) in [6.07, 6.45) is 0. The highest BCUT2D eigenvalue weighted by molar-refractivity contribution is 6.35. The van der Waals surface area contributed by atoms with E-state index < -0.39 is 0 Å². The van der Waals surface area contributed by atoms with Crippen LogP contribution >= 0.6 is 23.2 Å². The van der Waals surface area contributed by atoms with E-state index >= 15 is 0 Å². The number of benzene rings is 1. The van der Waals surface area contributed by atoms with Gasteiger partial charge in [-0.15, -0.1) is 0 Å². The van der Waals surface area contributed by atoms with Gasteiger partial charge in [0.15, 0.2) is 0 Å². The second kappa shape index (κ2) is 5.47. The van der Waals surface area contributed by atoms with E-state index in [1.165, 1.54) is 0 Å². The highest BCUT2D eigenvalue weighted by Gasteiger charge is 2.28. The zero-order valence-electron chi connectivity index (χ0n) is 10.4. The second-order valence-corrected chi connectivity index (χ2v) is 5.51. The molecule has 1 aromatic rings. The molecule has 1 aromatic carbocycles. The zero-order valence-corrected chi connectivity index (χ0v) is 11.9. The number of nitrogens with zero attached hydrogens (tertiary/aromatic N) is 1. The molecule has 2 atom stereocenters. The van der Waals surface area contributed by atoms with E-state index in [9.17, 15) is 4.79 Å². The Labute approximate surface area is 117 Å². The molecule has 0 aromatic heterocycles. The van der Waals surface area contributed by atoms with E-state index in [-0.39, 0.29) is 18.0 Å². The quantitative estimate of drug-likeness (QED) is 0.861. The topological polar surface area (TPSA) is 32.3 Å². The second-order valence-electron chi connectivity index (χ2n) is 4.64. The van der Waals surface area contributed by atoms with Crippen LogP contribution in [0.2, 0.25) is 10.0 Å². The first kappa shape index (κ1) is 13.7. The average Bonchev–Trinajstić information content (AvgIpc) is 2.30. The Balaban J connectivity index is 2.24. The first-order valence-electron chi connectivity index (χ1n) is 5.99. The van der Waals surface area contributed by atoms with Crippen molar-refractivity contribution in [2.45, 2.75) is 25.9 Å². The number of hydrogen-bond acceptors (Lipinski definition) is 2. The Morgan fingerprint density at radius 1 is 1.28 bits per heavy atom. The summed E-state index contributed by atoms with van der Waals surface area (Å²) in [7, 11) is 0. The largest absolute Gasteiger partial charge is 0.333 e. The molecule has 0 saturated carbocycles. The van der Waals surface area contributed by atoms with Gasteiger partial charge >= 0.3 is 0 Å². The maximum atomic E-state index is 12.4. The van der Waals surface area contributed by atoms with Crippen molar-refractivity contribution < 1.29 is 4.79 Å².